The lowest BCUT2D eigenvalue weighted by molar-refractivity contribution is 0.0700. The molecule has 2 bridgehead atoms. The third-order valence-electron chi connectivity index (χ3n) is 5.19. The van der Waals surface area contributed by atoms with Crippen LogP contribution in [0.1, 0.15) is 22.3 Å². The summed E-state index contributed by atoms with van der Waals surface area (Å²) in [5, 5.41) is 0. The van der Waals surface area contributed by atoms with Crippen LogP contribution in [0.3, 0.4) is 0 Å². The number of piperidine rings is 1. The van der Waals surface area contributed by atoms with E-state index in [9.17, 15) is 4.79 Å². The fourth-order valence-electron chi connectivity index (χ4n) is 4.07. The average Bonchev–Trinajstić information content (AvgIpc) is 3.08. The second kappa shape index (κ2) is 7.22. The number of aldehydes is 1. The van der Waals surface area contributed by atoms with Crippen molar-refractivity contribution in [2.45, 2.75) is 29.9 Å². The summed E-state index contributed by atoms with van der Waals surface area (Å²) >= 11 is 7.30. The number of benzene rings is 2. The zero-order valence-corrected chi connectivity index (χ0v) is 16.8. The molecule has 25 heavy (non-hydrogen) atoms. The van der Waals surface area contributed by atoms with Gasteiger partial charge < -0.3 is 4.74 Å². The summed E-state index contributed by atoms with van der Waals surface area (Å²) in [6.07, 6.45) is 1.99. The van der Waals surface area contributed by atoms with Crippen LogP contribution in [0.25, 0.3) is 0 Å². The Morgan fingerprint density at radius 3 is 2.72 bits per heavy atom. The Kier molecular flexibility index (Phi) is 4.98. The molecule has 1 saturated heterocycles. The minimum atomic E-state index is 0.103. The maximum Gasteiger partial charge on any atom is 0.153 e. The van der Waals surface area contributed by atoms with Gasteiger partial charge in [-0.15, -0.1) is 0 Å². The lowest BCUT2D eigenvalue weighted by Gasteiger charge is -2.33. The predicted octanol–water partition coefficient (Wildman–Crippen LogP) is 4.68. The quantitative estimate of drug-likeness (QED) is 0.475. The largest absolute Gasteiger partial charge is 0.488 e. The minimum Gasteiger partial charge on any atom is -0.488 e. The molecule has 0 amide bonds. The molecule has 1 aliphatic heterocycles. The van der Waals surface area contributed by atoms with E-state index in [4.69, 9.17) is 4.74 Å². The molecule has 1 saturated carbocycles. The number of halogens is 2. The molecule has 5 heteroatoms. The molecule has 2 aromatic carbocycles. The van der Waals surface area contributed by atoms with Gasteiger partial charge >= 0.3 is 0 Å². The smallest absolute Gasteiger partial charge is 0.153 e. The highest BCUT2D eigenvalue weighted by atomic mass is 79.9. The predicted molar refractivity (Wildman–Crippen MR) is 105 cm³/mol. The summed E-state index contributed by atoms with van der Waals surface area (Å²) < 4.78 is 7.19. The van der Waals surface area contributed by atoms with Crippen molar-refractivity contribution in [3.05, 3.63) is 64.1 Å². The maximum absolute atomic E-state index is 11.4. The Morgan fingerprint density at radius 1 is 1.20 bits per heavy atom. The number of carbonyl (C=O) groups is 1. The summed E-state index contributed by atoms with van der Waals surface area (Å²) in [5.74, 6) is 1.27. The Morgan fingerprint density at radius 2 is 2.00 bits per heavy atom. The van der Waals surface area contributed by atoms with Crippen LogP contribution in [0.2, 0.25) is 0 Å². The van der Waals surface area contributed by atoms with Crippen molar-refractivity contribution >= 4 is 38.1 Å². The van der Waals surface area contributed by atoms with E-state index in [1.165, 1.54) is 5.56 Å². The van der Waals surface area contributed by atoms with Crippen LogP contribution < -0.4 is 4.74 Å². The molecule has 0 radical (unpaired) electrons. The van der Waals surface area contributed by atoms with Crippen molar-refractivity contribution in [2.75, 3.05) is 6.54 Å². The van der Waals surface area contributed by atoms with E-state index in [2.05, 4.69) is 61.0 Å². The topological polar surface area (TPSA) is 29.5 Å². The monoisotopic (exact) mass is 463 g/mol. The molecule has 2 aliphatic rings. The summed E-state index contributed by atoms with van der Waals surface area (Å²) in [6, 6.07) is 16.5. The van der Waals surface area contributed by atoms with Gasteiger partial charge in [-0.25, -0.2) is 0 Å². The molecular weight excluding hydrogens is 446 g/mol. The van der Waals surface area contributed by atoms with Crippen molar-refractivity contribution < 1.29 is 9.53 Å². The number of alkyl halides is 1. The van der Waals surface area contributed by atoms with E-state index in [0.29, 0.717) is 28.1 Å². The fraction of sp³-hybridized carbons (Fsp3) is 0.350. The second-order valence-electron chi connectivity index (χ2n) is 6.80. The van der Waals surface area contributed by atoms with Gasteiger partial charge in [0.1, 0.15) is 11.9 Å². The van der Waals surface area contributed by atoms with Crippen molar-refractivity contribution in [3.8, 4) is 5.75 Å². The molecule has 130 valence electrons. The van der Waals surface area contributed by atoms with E-state index in [-0.39, 0.29) is 6.10 Å². The third-order valence-corrected chi connectivity index (χ3v) is 6.97. The molecule has 0 aromatic heterocycles. The molecule has 0 N–H and O–H groups in total. The average molecular weight is 465 g/mol. The number of likely N-dealkylation sites (tertiary alicyclic amines) is 1. The molecule has 3 nitrogen and oxygen atoms in total. The van der Waals surface area contributed by atoms with Gasteiger partial charge in [0, 0.05) is 22.4 Å². The summed E-state index contributed by atoms with van der Waals surface area (Å²) in [6.45, 7) is 2.03. The first-order chi connectivity index (χ1) is 12.2. The van der Waals surface area contributed by atoms with Crippen LogP contribution in [0.4, 0.5) is 0 Å². The molecule has 2 aromatic rings. The second-order valence-corrected chi connectivity index (χ2v) is 8.78. The van der Waals surface area contributed by atoms with E-state index in [1.54, 1.807) is 0 Å². The third kappa shape index (κ3) is 3.42. The van der Waals surface area contributed by atoms with E-state index < -0.39 is 0 Å². The molecule has 2 unspecified atom stereocenters. The highest BCUT2D eigenvalue weighted by Crippen LogP contribution is 2.44. The van der Waals surface area contributed by atoms with Crippen LogP contribution in [-0.4, -0.2) is 34.7 Å². The summed E-state index contributed by atoms with van der Waals surface area (Å²) in [7, 11) is 0. The van der Waals surface area contributed by atoms with Gasteiger partial charge in [-0.2, -0.15) is 0 Å². The highest BCUT2D eigenvalue weighted by molar-refractivity contribution is 9.10. The number of ether oxygens (including phenoxy) is 1. The molecule has 1 heterocycles. The summed E-state index contributed by atoms with van der Waals surface area (Å²) in [4.78, 5) is 14.3. The van der Waals surface area contributed by atoms with E-state index in [1.807, 2.05) is 24.3 Å². The lowest BCUT2D eigenvalue weighted by atomic mass is 10.1. The zero-order valence-electron chi connectivity index (χ0n) is 13.6. The van der Waals surface area contributed by atoms with Crippen molar-refractivity contribution in [1.29, 1.82) is 0 Å². The van der Waals surface area contributed by atoms with Crippen LogP contribution in [-0.2, 0) is 6.54 Å². The number of hydrogen-bond acceptors (Lipinski definition) is 3. The first-order valence-corrected chi connectivity index (χ1v) is 10.2. The van der Waals surface area contributed by atoms with Crippen LogP contribution in [0.15, 0.2) is 53.0 Å². The van der Waals surface area contributed by atoms with Crippen LogP contribution >= 0.6 is 31.9 Å². The Balaban J connectivity index is 1.53. The highest BCUT2D eigenvalue weighted by Gasteiger charge is 2.52. The maximum atomic E-state index is 11.4. The Labute approximate surface area is 164 Å². The van der Waals surface area contributed by atoms with E-state index >= 15 is 0 Å². The molecular formula is C20H19Br2NO2. The zero-order chi connectivity index (χ0) is 17.4. The van der Waals surface area contributed by atoms with Gasteiger partial charge in [0.25, 0.3) is 0 Å². The number of nitrogens with zero attached hydrogens (tertiary/aromatic N) is 1. The summed E-state index contributed by atoms with van der Waals surface area (Å²) in [5.41, 5.74) is 1.92. The SMILES string of the molecule is O=Cc1cc(Br)ccc1OC1C[C@@H]2CN(Cc3ccccc3)[C@H]1C2Br. The van der Waals surface area contributed by atoms with Crippen LogP contribution in [0.5, 0.6) is 5.75 Å². The van der Waals surface area contributed by atoms with Gasteiger partial charge in [-0.1, -0.05) is 62.2 Å². The van der Waals surface area contributed by atoms with Crippen molar-refractivity contribution in [2.24, 2.45) is 5.92 Å². The molecule has 4 rings (SSSR count). The molecule has 2 fully saturated rings. The molecule has 1 aliphatic carbocycles. The lowest BCUT2D eigenvalue weighted by Crippen LogP contribution is -2.44. The van der Waals surface area contributed by atoms with E-state index in [0.717, 1.165) is 30.3 Å². The van der Waals surface area contributed by atoms with Gasteiger partial charge in [0.05, 0.1) is 11.6 Å². The fourth-order valence-corrected chi connectivity index (χ4v) is 5.51. The van der Waals surface area contributed by atoms with Gasteiger partial charge in [0.15, 0.2) is 6.29 Å². The number of rotatable bonds is 5. The standard InChI is InChI=1S/C20H19Br2NO2/c21-16-6-7-17(15(8-16)12-24)25-18-9-14-11-23(20(18)19(14)22)10-13-4-2-1-3-5-13/h1-8,12,14,18-20H,9-11H2/t14-,18?,19?,20-/m1/s1. The first-order valence-electron chi connectivity index (χ1n) is 8.49. The number of carbonyl (C=O) groups excluding carboxylic acids is 1. The number of hydrogen-bond donors (Lipinski definition) is 0. The molecule has 4 atom stereocenters. The Hall–Kier alpha value is -1.17. The van der Waals surface area contributed by atoms with Gasteiger partial charge in [-0.05, 0) is 36.1 Å². The van der Waals surface area contributed by atoms with Crippen molar-refractivity contribution in [3.63, 3.8) is 0 Å². The molecule has 0 spiro atoms. The normalized spacial score (nSPS) is 28.2. The Bertz CT molecular complexity index is 768. The van der Waals surface area contributed by atoms with Gasteiger partial charge in [0.2, 0.25) is 0 Å². The van der Waals surface area contributed by atoms with Gasteiger partial charge in [-0.3, -0.25) is 9.69 Å². The van der Waals surface area contributed by atoms with Crippen molar-refractivity contribution in [1.82, 2.24) is 4.90 Å². The van der Waals surface area contributed by atoms with Crippen LogP contribution in [0, 0.1) is 5.92 Å². The first kappa shape index (κ1) is 17.3. The minimum absolute atomic E-state index is 0.103. The number of fused-ring (bicyclic) bond motifs is 2.